The average molecular weight is 323 g/mol. The van der Waals surface area contributed by atoms with Crippen LogP contribution in [0.15, 0.2) is 36.5 Å². The molecule has 2 heterocycles. The molecular formula is C20H25N3O. The smallest absolute Gasteiger partial charge is 0.222 e. The van der Waals surface area contributed by atoms with Crippen LogP contribution in [0.5, 0.6) is 0 Å². The number of likely N-dealkylation sites (tertiary alicyclic amines) is 1. The lowest BCUT2D eigenvalue weighted by Crippen LogP contribution is -2.29. The Bertz CT molecular complexity index is 718. The summed E-state index contributed by atoms with van der Waals surface area (Å²) < 4.78 is 2.40. The lowest BCUT2D eigenvalue weighted by molar-refractivity contribution is -0.130. The van der Waals surface area contributed by atoms with E-state index in [4.69, 9.17) is 0 Å². The lowest BCUT2D eigenvalue weighted by atomic mass is 10.1. The summed E-state index contributed by atoms with van der Waals surface area (Å²) in [7, 11) is 0. The summed E-state index contributed by atoms with van der Waals surface area (Å²) in [4.78, 5) is 19.2. The first-order valence-electron chi connectivity index (χ1n) is 9.08. The van der Waals surface area contributed by atoms with Gasteiger partial charge in [0, 0.05) is 37.3 Å². The minimum atomic E-state index is 0.284. The van der Waals surface area contributed by atoms with Gasteiger partial charge in [-0.15, -0.1) is 0 Å². The summed E-state index contributed by atoms with van der Waals surface area (Å²) in [5.41, 5.74) is 2.48. The van der Waals surface area contributed by atoms with E-state index in [1.54, 1.807) is 0 Å². The molecule has 0 unspecified atom stereocenters. The molecule has 0 spiro atoms. The number of imidazole rings is 1. The molecule has 1 aromatic carbocycles. The van der Waals surface area contributed by atoms with Gasteiger partial charge in [0.25, 0.3) is 0 Å². The number of carbonyl (C=O) groups is 1. The predicted molar refractivity (Wildman–Crippen MR) is 93.9 cm³/mol. The Morgan fingerprint density at radius 1 is 1.21 bits per heavy atom. The number of rotatable bonds is 5. The molecule has 1 amide bonds. The zero-order valence-corrected chi connectivity index (χ0v) is 14.3. The van der Waals surface area contributed by atoms with Crippen LogP contribution < -0.4 is 0 Å². The van der Waals surface area contributed by atoms with E-state index >= 15 is 0 Å². The van der Waals surface area contributed by atoms with Gasteiger partial charge in [0.05, 0.1) is 6.04 Å². The van der Waals surface area contributed by atoms with Crippen molar-refractivity contribution in [3.63, 3.8) is 0 Å². The van der Waals surface area contributed by atoms with Crippen LogP contribution in [0.4, 0.5) is 0 Å². The van der Waals surface area contributed by atoms with Crippen LogP contribution >= 0.6 is 0 Å². The van der Waals surface area contributed by atoms with E-state index in [0.29, 0.717) is 18.4 Å². The van der Waals surface area contributed by atoms with E-state index in [9.17, 15) is 4.79 Å². The molecule has 2 fully saturated rings. The van der Waals surface area contributed by atoms with Crippen LogP contribution in [-0.4, -0.2) is 33.4 Å². The largest absolute Gasteiger partial charge is 0.341 e. The van der Waals surface area contributed by atoms with Gasteiger partial charge in [-0.05, 0) is 38.2 Å². The van der Waals surface area contributed by atoms with Crippen molar-refractivity contribution >= 4 is 5.91 Å². The molecule has 2 aliphatic rings. The zero-order valence-electron chi connectivity index (χ0n) is 14.3. The fourth-order valence-electron chi connectivity index (χ4n) is 3.82. The maximum atomic E-state index is 12.6. The molecule has 2 aromatic rings. The highest BCUT2D eigenvalue weighted by Crippen LogP contribution is 2.41. The molecule has 0 radical (unpaired) electrons. The molecule has 4 nitrogen and oxygen atoms in total. The average Bonchev–Trinajstić information content (AvgIpc) is 3.21. The highest BCUT2D eigenvalue weighted by Gasteiger charge is 2.34. The molecular weight excluding hydrogens is 298 g/mol. The summed E-state index contributed by atoms with van der Waals surface area (Å²) in [6.45, 7) is 3.85. The second-order valence-electron chi connectivity index (χ2n) is 7.17. The molecule has 1 aromatic heterocycles. The number of carbonyl (C=O) groups excluding carboxylic acids is 1. The van der Waals surface area contributed by atoms with E-state index in [0.717, 1.165) is 25.9 Å². The third kappa shape index (κ3) is 3.10. The van der Waals surface area contributed by atoms with Gasteiger partial charge in [-0.2, -0.15) is 0 Å². The van der Waals surface area contributed by atoms with Crippen molar-refractivity contribution in [3.05, 3.63) is 53.6 Å². The van der Waals surface area contributed by atoms with Crippen LogP contribution in [0.1, 0.15) is 54.7 Å². The number of hydrogen-bond donors (Lipinski definition) is 0. The summed E-state index contributed by atoms with van der Waals surface area (Å²) >= 11 is 0. The Kier molecular flexibility index (Phi) is 4.13. The summed E-state index contributed by atoms with van der Waals surface area (Å²) in [5, 5.41) is 0. The topological polar surface area (TPSA) is 38.1 Å². The molecule has 4 heteroatoms. The van der Waals surface area contributed by atoms with Crippen LogP contribution in [-0.2, 0) is 11.2 Å². The first-order chi connectivity index (χ1) is 11.7. The Morgan fingerprint density at radius 2 is 2.00 bits per heavy atom. The monoisotopic (exact) mass is 323 g/mol. The number of benzene rings is 1. The maximum absolute atomic E-state index is 12.6. The van der Waals surface area contributed by atoms with Crippen molar-refractivity contribution in [3.8, 4) is 0 Å². The van der Waals surface area contributed by atoms with Crippen molar-refractivity contribution in [2.45, 2.75) is 51.0 Å². The molecule has 1 saturated carbocycles. The standard InChI is InChI=1S/C20H25N3O/c1-15-13-21-20(17-8-9-17)23(15)18-11-12-22(14-18)19(24)10-7-16-5-3-2-4-6-16/h2-6,13,17-18H,7-12,14H2,1H3/t18-/m0/s1. The Morgan fingerprint density at radius 3 is 2.75 bits per heavy atom. The Hall–Kier alpha value is -2.10. The highest BCUT2D eigenvalue weighted by atomic mass is 16.2. The van der Waals surface area contributed by atoms with Crippen LogP contribution in [0.25, 0.3) is 0 Å². The van der Waals surface area contributed by atoms with Gasteiger partial charge >= 0.3 is 0 Å². The number of amides is 1. The van der Waals surface area contributed by atoms with Crippen molar-refractivity contribution < 1.29 is 4.79 Å². The number of aryl methyl sites for hydroxylation is 2. The third-order valence-electron chi connectivity index (χ3n) is 5.30. The quantitative estimate of drug-likeness (QED) is 0.845. The van der Waals surface area contributed by atoms with Gasteiger partial charge in [-0.1, -0.05) is 30.3 Å². The second kappa shape index (κ2) is 6.42. The normalized spacial score (nSPS) is 20.5. The van der Waals surface area contributed by atoms with Gasteiger partial charge in [0.1, 0.15) is 5.82 Å². The minimum Gasteiger partial charge on any atom is -0.341 e. The fraction of sp³-hybridized carbons (Fsp3) is 0.500. The molecule has 1 aliphatic carbocycles. The van der Waals surface area contributed by atoms with Crippen molar-refractivity contribution in [1.82, 2.24) is 14.5 Å². The molecule has 126 valence electrons. The van der Waals surface area contributed by atoms with Gasteiger partial charge < -0.3 is 9.47 Å². The zero-order chi connectivity index (χ0) is 16.5. The van der Waals surface area contributed by atoms with E-state index < -0.39 is 0 Å². The van der Waals surface area contributed by atoms with Gasteiger partial charge in [0.2, 0.25) is 5.91 Å². The second-order valence-corrected chi connectivity index (χ2v) is 7.17. The first-order valence-corrected chi connectivity index (χ1v) is 9.08. The van der Waals surface area contributed by atoms with Gasteiger partial charge in [-0.3, -0.25) is 4.79 Å². The minimum absolute atomic E-state index is 0.284. The van der Waals surface area contributed by atoms with Crippen molar-refractivity contribution in [2.24, 2.45) is 0 Å². The summed E-state index contributed by atoms with van der Waals surface area (Å²) in [5.74, 6) is 2.18. The van der Waals surface area contributed by atoms with Gasteiger partial charge in [-0.25, -0.2) is 4.98 Å². The summed E-state index contributed by atoms with van der Waals surface area (Å²) in [6.07, 6.45) is 7.01. The van der Waals surface area contributed by atoms with Crippen molar-refractivity contribution in [1.29, 1.82) is 0 Å². The highest BCUT2D eigenvalue weighted by molar-refractivity contribution is 5.76. The molecule has 24 heavy (non-hydrogen) atoms. The molecule has 0 bridgehead atoms. The summed E-state index contributed by atoms with van der Waals surface area (Å²) in [6, 6.07) is 10.7. The number of hydrogen-bond acceptors (Lipinski definition) is 2. The van der Waals surface area contributed by atoms with Crippen molar-refractivity contribution in [2.75, 3.05) is 13.1 Å². The van der Waals surface area contributed by atoms with E-state index in [-0.39, 0.29) is 5.91 Å². The lowest BCUT2D eigenvalue weighted by Gasteiger charge is -2.19. The van der Waals surface area contributed by atoms with E-state index in [2.05, 4.69) is 28.6 Å². The number of nitrogens with zero attached hydrogens (tertiary/aromatic N) is 3. The molecule has 1 saturated heterocycles. The fourth-order valence-corrected chi connectivity index (χ4v) is 3.82. The van der Waals surface area contributed by atoms with Crippen LogP contribution in [0.2, 0.25) is 0 Å². The maximum Gasteiger partial charge on any atom is 0.222 e. The molecule has 1 aliphatic heterocycles. The Labute approximate surface area is 143 Å². The Balaban J connectivity index is 1.38. The van der Waals surface area contributed by atoms with Gasteiger partial charge in [0.15, 0.2) is 0 Å². The molecule has 1 atom stereocenters. The molecule has 4 rings (SSSR count). The van der Waals surface area contributed by atoms with Crippen LogP contribution in [0.3, 0.4) is 0 Å². The van der Waals surface area contributed by atoms with E-state index in [1.165, 1.54) is 29.9 Å². The third-order valence-corrected chi connectivity index (χ3v) is 5.30. The van der Waals surface area contributed by atoms with E-state index in [1.807, 2.05) is 29.3 Å². The number of aromatic nitrogens is 2. The predicted octanol–water partition coefficient (Wildman–Crippen LogP) is 3.48. The molecule has 0 N–H and O–H groups in total. The first kappa shape index (κ1) is 15.4. The SMILES string of the molecule is Cc1cnc(C2CC2)n1[C@H]1CCN(C(=O)CCc2ccccc2)C1. The van der Waals surface area contributed by atoms with Crippen LogP contribution in [0, 0.1) is 6.92 Å².